The normalized spacial score (nSPS) is 16.5. The summed E-state index contributed by atoms with van der Waals surface area (Å²) in [5, 5.41) is 8.61. The highest BCUT2D eigenvalue weighted by Gasteiger charge is 2.30. The fraction of sp³-hybridized carbons (Fsp3) is 0.481. The molecule has 1 aromatic carbocycles. The number of amides is 2. The Kier molecular flexibility index (Phi) is 5.87. The number of carbonyl (C=O) groups excluding carboxylic acids is 2. The number of pyridine rings is 1. The number of hydrogen-bond acceptors (Lipinski definition) is 5. The van der Waals surface area contributed by atoms with E-state index in [1.807, 2.05) is 42.8 Å². The van der Waals surface area contributed by atoms with Crippen LogP contribution in [-0.2, 0) is 10.3 Å². The zero-order valence-corrected chi connectivity index (χ0v) is 21.1. The molecule has 5 rings (SSSR count). The second-order valence-electron chi connectivity index (χ2n) is 10.6. The van der Waals surface area contributed by atoms with E-state index in [-0.39, 0.29) is 17.4 Å². The van der Waals surface area contributed by atoms with Gasteiger partial charge in [0.1, 0.15) is 0 Å². The molecule has 0 unspecified atom stereocenters. The molecule has 1 N–H and O–H groups in total. The Hall–Kier alpha value is -3.26. The standard InChI is InChI=1S/C27H33N5O3/c1-16-19(26(34)31-11-13-35-14-12-31)7-6-8-21(16)29-25(33)20-15-22(18-9-10-18)28-24-23(20)17(2)30-32(24)27(3,4)5/h6-8,15,18H,9-14H2,1-5H3,(H,29,33). The summed E-state index contributed by atoms with van der Waals surface area (Å²) < 4.78 is 7.30. The van der Waals surface area contributed by atoms with Crippen LogP contribution in [0, 0.1) is 13.8 Å². The first-order valence-corrected chi connectivity index (χ1v) is 12.3. The lowest BCUT2D eigenvalue weighted by molar-refractivity contribution is 0.0302. The quantitative estimate of drug-likeness (QED) is 0.604. The minimum atomic E-state index is -0.264. The maximum atomic E-state index is 13.7. The third kappa shape index (κ3) is 4.43. The van der Waals surface area contributed by atoms with Gasteiger partial charge in [0.2, 0.25) is 0 Å². The zero-order chi connectivity index (χ0) is 24.9. The summed E-state index contributed by atoms with van der Waals surface area (Å²) in [5.74, 6) is 0.146. The summed E-state index contributed by atoms with van der Waals surface area (Å²) in [6.07, 6.45) is 2.18. The average Bonchev–Trinajstić information content (AvgIpc) is 3.62. The molecule has 184 valence electrons. The third-order valence-corrected chi connectivity index (χ3v) is 6.82. The number of hydrogen-bond donors (Lipinski definition) is 1. The number of benzene rings is 1. The van der Waals surface area contributed by atoms with Gasteiger partial charge in [0.05, 0.1) is 35.4 Å². The fourth-order valence-electron chi connectivity index (χ4n) is 4.67. The van der Waals surface area contributed by atoms with Crippen LogP contribution in [0.5, 0.6) is 0 Å². The van der Waals surface area contributed by atoms with Gasteiger partial charge in [-0.3, -0.25) is 9.59 Å². The summed E-state index contributed by atoms with van der Waals surface area (Å²) in [6.45, 7) is 12.3. The molecule has 1 aliphatic carbocycles. The Labute approximate surface area is 205 Å². The van der Waals surface area contributed by atoms with E-state index < -0.39 is 0 Å². The van der Waals surface area contributed by atoms with E-state index in [1.54, 1.807) is 4.90 Å². The molecular formula is C27H33N5O3. The molecule has 1 saturated heterocycles. The van der Waals surface area contributed by atoms with Gasteiger partial charge in [0, 0.05) is 36.0 Å². The monoisotopic (exact) mass is 475 g/mol. The fourth-order valence-corrected chi connectivity index (χ4v) is 4.67. The smallest absolute Gasteiger partial charge is 0.256 e. The predicted molar refractivity (Wildman–Crippen MR) is 135 cm³/mol. The van der Waals surface area contributed by atoms with Crippen molar-refractivity contribution >= 4 is 28.5 Å². The van der Waals surface area contributed by atoms with Crippen molar-refractivity contribution < 1.29 is 14.3 Å². The number of ether oxygens (including phenoxy) is 1. The Morgan fingerprint density at radius 1 is 1.09 bits per heavy atom. The number of nitrogens with one attached hydrogen (secondary N) is 1. The summed E-state index contributed by atoms with van der Waals surface area (Å²) in [5.41, 5.74) is 4.77. The molecule has 0 atom stereocenters. The lowest BCUT2D eigenvalue weighted by Crippen LogP contribution is -2.41. The van der Waals surface area contributed by atoms with Crippen LogP contribution in [0.3, 0.4) is 0 Å². The van der Waals surface area contributed by atoms with Crippen molar-refractivity contribution in [2.45, 2.75) is 58.9 Å². The van der Waals surface area contributed by atoms with E-state index in [9.17, 15) is 9.59 Å². The molecule has 2 fully saturated rings. The van der Waals surface area contributed by atoms with Crippen LogP contribution in [0.4, 0.5) is 5.69 Å². The molecule has 0 spiro atoms. The van der Waals surface area contributed by atoms with Crippen molar-refractivity contribution in [1.29, 1.82) is 0 Å². The molecule has 3 heterocycles. The Morgan fingerprint density at radius 2 is 1.80 bits per heavy atom. The van der Waals surface area contributed by atoms with E-state index in [1.165, 1.54) is 0 Å². The zero-order valence-electron chi connectivity index (χ0n) is 21.1. The Morgan fingerprint density at radius 3 is 2.46 bits per heavy atom. The van der Waals surface area contributed by atoms with Crippen molar-refractivity contribution in [2.75, 3.05) is 31.6 Å². The van der Waals surface area contributed by atoms with Gasteiger partial charge >= 0.3 is 0 Å². The predicted octanol–water partition coefficient (Wildman–Crippen LogP) is 4.41. The second-order valence-corrected chi connectivity index (χ2v) is 10.6. The van der Waals surface area contributed by atoms with Gasteiger partial charge in [-0.1, -0.05) is 6.07 Å². The largest absolute Gasteiger partial charge is 0.378 e. The SMILES string of the molecule is Cc1c(NC(=O)c2cc(C3CC3)nc3c2c(C)nn3C(C)(C)C)cccc1C(=O)N1CCOCC1. The van der Waals surface area contributed by atoms with Gasteiger partial charge < -0.3 is 15.0 Å². The highest BCUT2D eigenvalue weighted by molar-refractivity contribution is 6.13. The molecule has 0 bridgehead atoms. The van der Waals surface area contributed by atoms with E-state index in [2.05, 4.69) is 26.1 Å². The van der Waals surface area contributed by atoms with Crippen molar-refractivity contribution in [3.05, 3.63) is 52.3 Å². The van der Waals surface area contributed by atoms with Crippen molar-refractivity contribution in [3.63, 3.8) is 0 Å². The molecule has 8 heteroatoms. The van der Waals surface area contributed by atoms with Crippen LogP contribution < -0.4 is 5.32 Å². The van der Waals surface area contributed by atoms with Crippen LogP contribution in [0.2, 0.25) is 0 Å². The highest BCUT2D eigenvalue weighted by atomic mass is 16.5. The molecule has 1 aliphatic heterocycles. The molecule has 35 heavy (non-hydrogen) atoms. The Balaban J connectivity index is 1.52. The molecule has 2 aromatic heterocycles. The molecule has 3 aromatic rings. The minimum Gasteiger partial charge on any atom is -0.378 e. The number of nitrogens with zero attached hydrogens (tertiary/aromatic N) is 4. The number of morpholine rings is 1. The molecule has 1 saturated carbocycles. The van der Waals surface area contributed by atoms with Crippen LogP contribution in [0.25, 0.3) is 11.0 Å². The van der Waals surface area contributed by atoms with Gasteiger partial charge in [0.15, 0.2) is 5.65 Å². The number of anilines is 1. The topological polar surface area (TPSA) is 89.3 Å². The Bertz CT molecular complexity index is 1310. The van der Waals surface area contributed by atoms with Crippen LogP contribution in [0.1, 0.15) is 77.2 Å². The van der Waals surface area contributed by atoms with Gasteiger partial charge in [0.25, 0.3) is 11.8 Å². The van der Waals surface area contributed by atoms with Crippen LogP contribution in [-0.4, -0.2) is 57.8 Å². The van der Waals surface area contributed by atoms with E-state index in [4.69, 9.17) is 14.8 Å². The van der Waals surface area contributed by atoms with E-state index in [0.29, 0.717) is 49.0 Å². The second kappa shape index (κ2) is 8.75. The van der Waals surface area contributed by atoms with Crippen LogP contribution in [0.15, 0.2) is 24.3 Å². The van der Waals surface area contributed by atoms with Gasteiger partial charge in [-0.2, -0.15) is 5.10 Å². The van der Waals surface area contributed by atoms with Crippen molar-refractivity contribution in [1.82, 2.24) is 19.7 Å². The number of aryl methyl sites for hydroxylation is 1. The summed E-state index contributed by atoms with van der Waals surface area (Å²) in [7, 11) is 0. The molecular weight excluding hydrogens is 442 g/mol. The van der Waals surface area contributed by atoms with Gasteiger partial charge in [-0.15, -0.1) is 0 Å². The van der Waals surface area contributed by atoms with Crippen LogP contribution >= 0.6 is 0 Å². The average molecular weight is 476 g/mol. The molecule has 2 aliphatic rings. The number of carbonyl (C=O) groups is 2. The van der Waals surface area contributed by atoms with Gasteiger partial charge in [-0.25, -0.2) is 9.67 Å². The number of rotatable bonds is 4. The first kappa shape index (κ1) is 23.5. The van der Waals surface area contributed by atoms with Gasteiger partial charge in [-0.05, 0) is 71.2 Å². The van der Waals surface area contributed by atoms with Crippen molar-refractivity contribution in [2.24, 2.45) is 0 Å². The number of fused-ring (bicyclic) bond motifs is 1. The first-order chi connectivity index (χ1) is 16.6. The summed E-state index contributed by atoms with van der Waals surface area (Å²) >= 11 is 0. The maximum absolute atomic E-state index is 13.7. The van der Waals surface area contributed by atoms with E-state index >= 15 is 0 Å². The van der Waals surface area contributed by atoms with E-state index in [0.717, 1.165) is 40.8 Å². The highest BCUT2D eigenvalue weighted by Crippen LogP contribution is 2.41. The summed E-state index contributed by atoms with van der Waals surface area (Å²) in [4.78, 5) is 33.5. The lowest BCUT2D eigenvalue weighted by atomic mass is 10.0. The lowest BCUT2D eigenvalue weighted by Gasteiger charge is -2.27. The third-order valence-electron chi connectivity index (χ3n) is 6.82. The van der Waals surface area contributed by atoms with Crippen molar-refractivity contribution in [3.8, 4) is 0 Å². The minimum absolute atomic E-state index is 0.0356. The summed E-state index contributed by atoms with van der Waals surface area (Å²) in [6, 6.07) is 7.40. The molecule has 8 nitrogen and oxygen atoms in total. The maximum Gasteiger partial charge on any atom is 0.256 e. The molecule has 0 radical (unpaired) electrons. The first-order valence-electron chi connectivity index (χ1n) is 12.3. The number of aromatic nitrogens is 3. The molecule has 2 amide bonds.